The van der Waals surface area contributed by atoms with Crippen LogP contribution in [0.3, 0.4) is 0 Å². The summed E-state index contributed by atoms with van der Waals surface area (Å²) >= 11 is 0. The minimum atomic E-state index is -0.407. The molecular formula is C22H19NO4. The van der Waals surface area contributed by atoms with Crippen molar-refractivity contribution < 1.29 is 18.4 Å². The number of hydrogen-bond donors (Lipinski definition) is 1. The van der Waals surface area contributed by atoms with Crippen LogP contribution in [0.15, 0.2) is 75.8 Å². The van der Waals surface area contributed by atoms with Crippen LogP contribution in [0.5, 0.6) is 5.75 Å². The fourth-order valence-corrected chi connectivity index (χ4v) is 3.16. The molecule has 5 nitrogen and oxygen atoms in total. The van der Waals surface area contributed by atoms with Gasteiger partial charge in [-0.2, -0.15) is 0 Å². The van der Waals surface area contributed by atoms with E-state index in [2.05, 4.69) is 5.32 Å². The van der Waals surface area contributed by atoms with Crippen molar-refractivity contribution in [3.8, 4) is 5.75 Å². The van der Waals surface area contributed by atoms with E-state index in [0.29, 0.717) is 11.3 Å². The van der Waals surface area contributed by atoms with Gasteiger partial charge in [-0.1, -0.05) is 30.3 Å². The molecule has 1 amide bonds. The van der Waals surface area contributed by atoms with E-state index in [1.54, 1.807) is 25.5 Å². The first kappa shape index (κ1) is 17.0. The highest BCUT2D eigenvalue weighted by atomic mass is 16.5. The fraction of sp³-hybridized carbons (Fsp3) is 0.136. The number of fused-ring (bicyclic) bond motifs is 1. The summed E-state index contributed by atoms with van der Waals surface area (Å²) in [7, 11) is 1.61. The van der Waals surface area contributed by atoms with Crippen molar-refractivity contribution in [2.75, 3.05) is 7.11 Å². The lowest BCUT2D eigenvalue weighted by molar-refractivity contribution is 0.0912. The van der Waals surface area contributed by atoms with Crippen molar-refractivity contribution in [1.29, 1.82) is 0 Å². The summed E-state index contributed by atoms with van der Waals surface area (Å²) in [5, 5.41) is 3.88. The van der Waals surface area contributed by atoms with Gasteiger partial charge < -0.3 is 18.9 Å². The molecule has 1 N–H and O–H groups in total. The van der Waals surface area contributed by atoms with Crippen LogP contribution in [-0.4, -0.2) is 13.0 Å². The summed E-state index contributed by atoms with van der Waals surface area (Å²) in [6.07, 6.45) is 1.59. The molecule has 0 spiro atoms. The Kier molecular flexibility index (Phi) is 4.42. The molecule has 0 saturated heterocycles. The van der Waals surface area contributed by atoms with Gasteiger partial charge in [0.2, 0.25) is 0 Å². The van der Waals surface area contributed by atoms with Gasteiger partial charge in [0.25, 0.3) is 5.91 Å². The Morgan fingerprint density at radius 2 is 1.89 bits per heavy atom. The minimum Gasteiger partial charge on any atom is -0.497 e. The molecular weight excluding hydrogens is 342 g/mol. The first-order chi connectivity index (χ1) is 13.2. The highest BCUT2D eigenvalue weighted by molar-refractivity contribution is 5.99. The second-order valence-electron chi connectivity index (χ2n) is 6.25. The van der Waals surface area contributed by atoms with Gasteiger partial charge >= 0.3 is 0 Å². The van der Waals surface area contributed by atoms with Crippen LogP contribution < -0.4 is 10.1 Å². The van der Waals surface area contributed by atoms with Crippen molar-refractivity contribution in [3.05, 3.63) is 89.6 Å². The molecule has 0 unspecified atom stereocenters. The maximum atomic E-state index is 13.0. The molecule has 2 aromatic carbocycles. The smallest absolute Gasteiger partial charge is 0.288 e. The Hall–Kier alpha value is -3.47. The maximum Gasteiger partial charge on any atom is 0.288 e. The molecule has 136 valence electrons. The van der Waals surface area contributed by atoms with Crippen molar-refractivity contribution in [2.45, 2.75) is 13.0 Å². The van der Waals surface area contributed by atoms with Crippen LogP contribution in [0.4, 0.5) is 0 Å². The number of furan rings is 2. The van der Waals surface area contributed by atoms with Crippen LogP contribution in [0.2, 0.25) is 0 Å². The molecule has 0 fully saturated rings. The minimum absolute atomic E-state index is 0.283. The number of benzene rings is 2. The molecule has 0 bridgehead atoms. The number of aryl methyl sites for hydroxylation is 1. The number of carbonyl (C=O) groups excluding carboxylic acids is 1. The molecule has 2 heterocycles. The molecule has 0 aliphatic heterocycles. The summed E-state index contributed by atoms with van der Waals surface area (Å²) in [6.45, 7) is 1.87. The Balaban J connectivity index is 1.69. The summed E-state index contributed by atoms with van der Waals surface area (Å²) in [5.41, 5.74) is 2.34. The van der Waals surface area contributed by atoms with Crippen molar-refractivity contribution >= 4 is 16.9 Å². The number of carbonyl (C=O) groups is 1. The zero-order valence-corrected chi connectivity index (χ0v) is 15.1. The van der Waals surface area contributed by atoms with Gasteiger partial charge in [-0.15, -0.1) is 0 Å². The number of hydrogen-bond acceptors (Lipinski definition) is 4. The third kappa shape index (κ3) is 3.19. The lowest BCUT2D eigenvalue weighted by atomic mass is 10.0. The van der Waals surface area contributed by atoms with Crippen molar-refractivity contribution in [2.24, 2.45) is 0 Å². The van der Waals surface area contributed by atoms with Crippen molar-refractivity contribution in [3.63, 3.8) is 0 Å². The quantitative estimate of drug-likeness (QED) is 0.551. The Labute approximate surface area is 156 Å². The third-order valence-electron chi connectivity index (χ3n) is 4.59. The monoisotopic (exact) mass is 361 g/mol. The van der Waals surface area contributed by atoms with Gasteiger partial charge in [0.15, 0.2) is 5.76 Å². The number of amides is 1. The summed E-state index contributed by atoms with van der Waals surface area (Å²) in [6, 6.07) is 18.4. The van der Waals surface area contributed by atoms with Crippen molar-refractivity contribution in [1.82, 2.24) is 5.32 Å². The summed E-state index contributed by atoms with van der Waals surface area (Å²) in [4.78, 5) is 13.0. The average Bonchev–Trinajstić information content (AvgIpc) is 3.35. The molecule has 0 saturated carbocycles. The second-order valence-corrected chi connectivity index (χ2v) is 6.25. The van der Waals surface area contributed by atoms with Gasteiger partial charge in [0.1, 0.15) is 23.1 Å². The molecule has 27 heavy (non-hydrogen) atoms. The molecule has 4 rings (SSSR count). The molecule has 0 aliphatic carbocycles. The van der Waals surface area contributed by atoms with E-state index < -0.39 is 6.04 Å². The predicted octanol–water partition coefficient (Wildman–Crippen LogP) is 4.86. The topological polar surface area (TPSA) is 64.6 Å². The van der Waals surface area contributed by atoms with E-state index in [4.69, 9.17) is 13.6 Å². The van der Waals surface area contributed by atoms with Crippen LogP contribution in [0.25, 0.3) is 11.0 Å². The molecule has 1 atom stereocenters. The summed E-state index contributed by atoms with van der Waals surface area (Å²) < 4.78 is 16.6. The second kappa shape index (κ2) is 7.03. The van der Waals surface area contributed by atoms with E-state index >= 15 is 0 Å². The van der Waals surface area contributed by atoms with Crippen LogP contribution in [0, 0.1) is 6.92 Å². The Morgan fingerprint density at radius 3 is 2.59 bits per heavy atom. The lowest BCUT2D eigenvalue weighted by Crippen LogP contribution is -2.29. The summed E-state index contributed by atoms with van der Waals surface area (Å²) in [5.74, 6) is 1.36. The average molecular weight is 361 g/mol. The van der Waals surface area contributed by atoms with Gasteiger partial charge in [-0.3, -0.25) is 4.79 Å². The van der Waals surface area contributed by atoms with Crippen LogP contribution in [0.1, 0.15) is 33.5 Å². The largest absolute Gasteiger partial charge is 0.497 e. The molecule has 2 aromatic heterocycles. The molecule has 5 heteroatoms. The highest BCUT2D eigenvalue weighted by Crippen LogP contribution is 2.30. The van der Waals surface area contributed by atoms with E-state index in [0.717, 1.165) is 22.3 Å². The van der Waals surface area contributed by atoms with E-state index in [1.165, 1.54) is 0 Å². The third-order valence-corrected chi connectivity index (χ3v) is 4.59. The zero-order chi connectivity index (χ0) is 18.8. The van der Waals surface area contributed by atoms with E-state index in [1.807, 2.05) is 55.5 Å². The molecule has 0 radical (unpaired) electrons. The van der Waals surface area contributed by atoms with E-state index in [-0.39, 0.29) is 11.7 Å². The van der Waals surface area contributed by atoms with E-state index in [9.17, 15) is 4.79 Å². The standard InChI is InChI=1S/C22H19NO4/c1-14-17-13-16(25-2)10-11-18(17)27-21(14)22(24)23-20(19-9-6-12-26-19)15-7-4-3-5-8-15/h3-13,20H,1-2H3,(H,23,24)/t20-/m0/s1. The van der Waals surface area contributed by atoms with Gasteiger partial charge in [0, 0.05) is 10.9 Å². The number of methoxy groups -OCH3 is 1. The Bertz CT molecular complexity index is 1060. The van der Waals surface area contributed by atoms with Gasteiger partial charge in [-0.25, -0.2) is 0 Å². The molecule has 0 aliphatic rings. The van der Waals surface area contributed by atoms with Crippen LogP contribution >= 0.6 is 0 Å². The van der Waals surface area contributed by atoms with Gasteiger partial charge in [0.05, 0.1) is 13.4 Å². The Morgan fingerprint density at radius 1 is 1.07 bits per heavy atom. The first-order valence-corrected chi connectivity index (χ1v) is 8.63. The first-order valence-electron chi connectivity index (χ1n) is 8.63. The number of rotatable bonds is 5. The van der Waals surface area contributed by atoms with Gasteiger partial charge in [-0.05, 0) is 42.8 Å². The molecule has 4 aromatic rings. The number of nitrogens with one attached hydrogen (secondary N) is 1. The zero-order valence-electron chi connectivity index (χ0n) is 15.1. The van der Waals surface area contributed by atoms with Crippen LogP contribution in [-0.2, 0) is 0 Å². The highest BCUT2D eigenvalue weighted by Gasteiger charge is 2.24. The fourth-order valence-electron chi connectivity index (χ4n) is 3.16. The maximum absolute atomic E-state index is 13.0. The number of ether oxygens (including phenoxy) is 1. The predicted molar refractivity (Wildman–Crippen MR) is 102 cm³/mol. The SMILES string of the molecule is COc1ccc2oc(C(=O)N[C@@H](c3ccccc3)c3ccco3)c(C)c2c1. The normalized spacial score (nSPS) is 12.1. The lowest BCUT2D eigenvalue weighted by Gasteiger charge is -2.16.